The van der Waals surface area contributed by atoms with Crippen molar-refractivity contribution in [2.45, 2.75) is 131 Å². The summed E-state index contributed by atoms with van der Waals surface area (Å²) in [5, 5.41) is 20.0. The SMILES string of the molecule is CCCCCc1c(/N=N/c2ccccc2C(=O)N(CC(CC)CCCC)CC(CC)CCCC)c(O)[nH]c(=O)c1C(=O)N1CCCCC1. The van der Waals surface area contributed by atoms with E-state index in [-0.39, 0.29) is 23.1 Å². The minimum Gasteiger partial charge on any atom is -0.493 e. The zero-order valence-electron chi connectivity index (χ0n) is 30.4. The number of hydrogen-bond donors (Lipinski definition) is 2. The first-order chi connectivity index (χ1) is 23.3. The van der Waals surface area contributed by atoms with Gasteiger partial charge < -0.3 is 14.9 Å². The summed E-state index contributed by atoms with van der Waals surface area (Å²) < 4.78 is 0. The summed E-state index contributed by atoms with van der Waals surface area (Å²) in [6.45, 7) is 13.5. The van der Waals surface area contributed by atoms with Gasteiger partial charge in [-0.15, -0.1) is 10.2 Å². The Bertz CT molecular complexity index is 1360. The first-order valence-electron chi connectivity index (χ1n) is 18.9. The molecule has 0 bridgehead atoms. The van der Waals surface area contributed by atoms with Crippen molar-refractivity contribution in [3.63, 3.8) is 0 Å². The lowest BCUT2D eigenvalue weighted by molar-refractivity contribution is 0.0684. The molecule has 9 nitrogen and oxygen atoms in total. The minimum absolute atomic E-state index is 0.0330. The second-order valence-corrected chi connectivity index (χ2v) is 13.6. The molecule has 2 unspecified atom stereocenters. The fourth-order valence-corrected chi connectivity index (χ4v) is 6.73. The molecule has 2 amide bonds. The Kier molecular flexibility index (Phi) is 16.9. The molecule has 2 atom stereocenters. The van der Waals surface area contributed by atoms with Crippen LogP contribution >= 0.6 is 0 Å². The number of carbonyl (C=O) groups excluding carboxylic acids is 2. The van der Waals surface area contributed by atoms with E-state index in [1.165, 1.54) is 0 Å². The molecule has 2 aromatic rings. The number of amides is 2. The maximum absolute atomic E-state index is 14.4. The summed E-state index contributed by atoms with van der Waals surface area (Å²) in [6, 6.07) is 7.22. The van der Waals surface area contributed by atoms with E-state index in [1.807, 2.05) is 17.0 Å². The third kappa shape index (κ3) is 11.0. The highest BCUT2D eigenvalue weighted by Gasteiger charge is 2.28. The predicted octanol–water partition coefficient (Wildman–Crippen LogP) is 9.73. The van der Waals surface area contributed by atoms with Gasteiger partial charge in [-0.25, -0.2) is 0 Å². The maximum atomic E-state index is 14.4. The highest BCUT2D eigenvalue weighted by Crippen LogP contribution is 2.34. The minimum atomic E-state index is -0.609. The maximum Gasteiger partial charge on any atom is 0.263 e. The molecule has 2 heterocycles. The number of nitrogens with zero attached hydrogens (tertiary/aromatic N) is 4. The Balaban J connectivity index is 2.04. The molecule has 1 fully saturated rings. The van der Waals surface area contributed by atoms with E-state index >= 15 is 0 Å². The number of piperidine rings is 1. The standard InChI is InChI=1S/C39H61N5O4/c1-6-11-15-23-32-34(39(48)43-25-18-14-19-26-43)36(45)40-37(46)35(32)42-41-33-24-17-16-22-31(33)38(47)44(27-29(9-4)20-12-7-2)28-30(10-5)21-13-8-3/h16-17,22,24,29-30H,6-15,18-21,23,25-28H2,1-5H3,(H2,40,45,46)/b42-41+. The number of aromatic amines is 1. The third-order valence-corrected chi connectivity index (χ3v) is 9.88. The summed E-state index contributed by atoms with van der Waals surface area (Å²) in [6.07, 6.45) is 14.6. The molecule has 1 saturated heterocycles. The molecule has 2 N–H and O–H groups in total. The van der Waals surface area contributed by atoms with Crippen molar-refractivity contribution in [2.24, 2.45) is 22.1 Å². The quantitative estimate of drug-likeness (QED) is 0.108. The number of H-pyrrole nitrogens is 1. The number of azo groups is 1. The number of nitrogens with one attached hydrogen (secondary N) is 1. The summed E-state index contributed by atoms with van der Waals surface area (Å²) >= 11 is 0. The zero-order chi connectivity index (χ0) is 34.9. The highest BCUT2D eigenvalue weighted by atomic mass is 16.3. The van der Waals surface area contributed by atoms with Gasteiger partial charge in [0.1, 0.15) is 11.3 Å². The van der Waals surface area contributed by atoms with E-state index in [0.717, 1.165) is 89.9 Å². The summed E-state index contributed by atoms with van der Waals surface area (Å²) in [4.78, 5) is 47.5. The van der Waals surface area contributed by atoms with Crippen LogP contribution in [-0.2, 0) is 6.42 Å². The van der Waals surface area contributed by atoms with Crippen molar-refractivity contribution < 1.29 is 14.7 Å². The lowest BCUT2D eigenvalue weighted by Crippen LogP contribution is -2.39. The van der Waals surface area contributed by atoms with Gasteiger partial charge in [-0.05, 0) is 68.9 Å². The number of pyridine rings is 1. The van der Waals surface area contributed by atoms with E-state index in [4.69, 9.17) is 0 Å². The molecule has 1 aliphatic rings. The van der Waals surface area contributed by atoms with Gasteiger partial charge in [-0.1, -0.05) is 98.1 Å². The molecule has 0 aliphatic carbocycles. The van der Waals surface area contributed by atoms with Crippen LogP contribution in [-0.4, -0.2) is 57.9 Å². The van der Waals surface area contributed by atoms with Crippen LogP contribution in [0.2, 0.25) is 0 Å². The van der Waals surface area contributed by atoms with Gasteiger partial charge in [0.15, 0.2) is 0 Å². The number of unbranched alkanes of at least 4 members (excludes halogenated alkanes) is 4. The summed E-state index contributed by atoms with van der Waals surface area (Å²) in [5.74, 6) is 0.0350. The Labute approximate surface area is 288 Å². The monoisotopic (exact) mass is 663 g/mol. The van der Waals surface area contributed by atoms with Crippen molar-refractivity contribution in [3.8, 4) is 5.88 Å². The van der Waals surface area contributed by atoms with Gasteiger partial charge in [0, 0.05) is 31.7 Å². The number of rotatable bonds is 20. The molecule has 0 radical (unpaired) electrons. The molecule has 48 heavy (non-hydrogen) atoms. The van der Waals surface area contributed by atoms with E-state index in [1.54, 1.807) is 17.0 Å². The van der Waals surface area contributed by atoms with Crippen LogP contribution in [0.25, 0.3) is 0 Å². The zero-order valence-corrected chi connectivity index (χ0v) is 30.4. The van der Waals surface area contributed by atoms with Crippen molar-refractivity contribution in [1.82, 2.24) is 14.8 Å². The van der Waals surface area contributed by atoms with Crippen LogP contribution in [0.3, 0.4) is 0 Å². The second kappa shape index (κ2) is 20.8. The Hall–Kier alpha value is -3.49. The highest BCUT2D eigenvalue weighted by molar-refractivity contribution is 5.99. The fourth-order valence-electron chi connectivity index (χ4n) is 6.73. The van der Waals surface area contributed by atoms with Gasteiger partial charge >= 0.3 is 0 Å². The van der Waals surface area contributed by atoms with Gasteiger partial charge in [-0.2, -0.15) is 0 Å². The largest absolute Gasteiger partial charge is 0.493 e. The molecule has 1 aromatic carbocycles. The Morgan fingerprint density at radius 3 is 2.04 bits per heavy atom. The third-order valence-electron chi connectivity index (χ3n) is 9.88. The van der Waals surface area contributed by atoms with Crippen molar-refractivity contribution in [1.29, 1.82) is 0 Å². The van der Waals surface area contributed by atoms with E-state index in [0.29, 0.717) is 61.2 Å². The van der Waals surface area contributed by atoms with Crippen molar-refractivity contribution in [3.05, 3.63) is 51.3 Å². The van der Waals surface area contributed by atoms with Crippen LogP contribution in [0.5, 0.6) is 5.88 Å². The topological polar surface area (TPSA) is 118 Å². The molecule has 0 spiro atoms. The number of aromatic nitrogens is 1. The fraction of sp³-hybridized carbons (Fsp3) is 0.667. The van der Waals surface area contributed by atoms with E-state index < -0.39 is 11.4 Å². The summed E-state index contributed by atoms with van der Waals surface area (Å²) in [5.41, 5.74) is 0.773. The number of hydrogen-bond acceptors (Lipinski definition) is 6. The molecule has 1 aromatic heterocycles. The Morgan fingerprint density at radius 2 is 1.46 bits per heavy atom. The van der Waals surface area contributed by atoms with E-state index in [9.17, 15) is 19.5 Å². The average Bonchev–Trinajstić information content (AvgIpc) is 3.10. The van der Waals surface area contributed by atoms with Crippen LogP contribution < -0.4 is 5.56 Å². The molecular formula is C39H61N5O4. The van der Waals surface area contributed by atoms with Gasteiger partial charge in [0.2, 0.25) is 5.88 Å². The number of benzene rings is 1. The molecule has 3 rings (SSSR count). The van der Waals surface area contributed by atoms with E-state index in [2.05, 4.69) is 49.8 Å². The molecular weight excluding hydrogens is 602 g/mol. The lowest BCUT2D eigenvalue weighted by Gasteiger charge is -2.31. The molecule has 0 saturated carbocycles. The summed E-state index contributed by atoms with van der Waals surface area (Å²) in [7, 11) is 0. The Morgan fingerprint density at radius 1 is 0.854 bits per heavy atom. The van der Waals surface area contributed by atoms with Gasteiger partial charge in [0.05, 0.1) is 11.3 Å². The lowest BCUT2D eigenvalue weighted by atomic mass is 9.95. The van der Waals surface area contributed by atoms with Crippen LogP contribution in [0.4, 0.5) is 11.4 Å². The number of aromatic hydroxyl groups is 1. The van der Waals surface area contributed by atoms with Gasteiger partial charge in [0.25, 0.3) is 17.4 Å². The molecule has 9 heteroatoms. The van der Waals surface area contributed by atoms with Crippen molar-refractivity contribution in [2.75, 3.05) is 26.2 Å². The first-order valence-corrected chi connectivity index (χ1v) is 18.9. The van der Waals surface area contributed by atoms with Crippen molar-refractivity contribution >= 4 is 23.2 Å². The normalized spacial score (nSPS) is 14.7. The average molecular weight is 664 g/mol. The smallest absolute Gasteiger partial charge is 0.263 e. The van der Waals surface area contributed by atoms with Crippen LogP contribution in [0.1, 0.15) is 151 Å². The number of likely N-dealkylation sites (tertiary alicyclic amines) is 1. The van der Waals surface area contributed by atoms with Crippen LogP contribution in [0.15, 0.2) is 39.3 Å². The van der Waals surface area contributed by atoms with Gasteiger partial charge in [-0.3, -0.25) is 19.4 Å². The number of carbonyl (C=O) groups is 2. The second-order valence-electron chi connectivity index (χ2n) is 13.6. The van der Waals surface area contributed by atoms with Crippen LogP contribution in [0, 0.1) is 11.8 Å². The first kappa shape index (κ1) is 39.0. The molecule has 1 aliphatic heterocycles. The molecule has 266 valence electrons. The predicted molar refractivity (Wildman–Crippen MR) is 195 cm³/mol.